The predicted molar refractivity (Wildman–Crippen MR) is 81.0 cm³/mol. The molecule has 1 aliphatic rings. The molecule has 1 saturated heterocycles. The van der Waals surface area contributed by atoms with Crippen LogP contribution in [0.3, 0.4) is 0 Å². The van der Waals surface area contributed by atoms with E-state index in [-0.39, 0.29) is 6.04 Å². The molecule has 1 fully saturated rings. The Morgan fingerprint density at radius 3 is 2.26 bits per heavy atom. The smallest absolute Gasteiger partial charge is 0.109 e. The summed E-state index contributed by atoms with van der Waals surface area (Å²) in [4.78, 5) is 9.46. The number of imidazole rings is 1. The van der Waals surface area contributed by atoms with Gasteiger partial charge in [0, 0.05) is 45.8 Å². The molecule has 5 nitrogen and oxygen atoms in total. The van der Waals surface area contributed by atoms with Gasteiger partial charge in [-0.1, -0.05) is 0 Å². The van der Waals surface area contributed by atoms with Crippen molar-refractivity contribution in [1.82, 2.24) is 19.4 Å². The van der Waals surface area contributed by atoms with Crippen LogP contribution in [0.15, 0.2) is 10.9 Å². The van der Waals surface area contributed by atoms with Crippen LogP contribution in [0, 0.1) is 0 Å². The molecule has 2 heterocycles. The first-order valence-corrected chi connectivity index (χ1v) is 7.68. The first-order valence-electron chi connectivity index (χ1n) is 6.89. The van der Waals surface area contributed by atoms with Crippen LogP contribution in [0.5, 0.6) is 0 Å². The highest BCUT2D eigenvalue weighted by atomic mass is 79.9. The normalized spacial score (nSPS) is 20.1. The van der Waals surface area contributed by atoms with Gasteiger partial charge < -0.3 is 10.3 Å². The molecule has 0 spiro atoms. The van der Waals surface area contributed by atoms with Gasteiger partial charge in [0.2, 0.25) is 0 Å². The topological polar surface area (TPSA) is 50.3 Å². The molecule has 1 aliphatic heterocycles. The Hall–Kier alpha value is -0.430. The van der Waals surface area contributed by atoms with Gasteiger partial charge in [-0.2, -0.15) is 0 Å². The van der Waals surface area contributed by atoms with E-state index in [1.165, 1.54) is 0 Å². The summed E-state index contributed by atoms with van der Waals surface area (Å²) >= 11 is 3.60. The number of aromatic nitrogens is 2. The number of hydrogen-bond donors (Lipinski definition) is 1. The van der Waals surface area contributed by atoms with Crippen molar-refractivity contribution >= 4 is 15.9 Å². The summed E-state index contributed by atoms with van der Waals surface area (Å²) in [5.74, 6) is 0. The van der Waals surface area contributed by atoms with E-state index in [2.05, 4.69) is 44.6 Å². The molecular weight excluding hydrogens is 306 g/mol. The lowest BCUT2D eigenvalue weighted by atomic mass is 10.1. The maximum Gasteiger partial charge on any atom is 0.109 e. The number of nitrogens with two attached hydrogens (primary N) is 1. The second kappa shape index (κ2) is 6.35. The first kappa shape index (κ1) is 15.0. The highest BCUT2D eigenvalue weighted by Crippen LogP contribution is 2.26. The second-order valence-electron chi connectivity index (χ2n) is 5.45. The fraction of sp³-hybridized carbons (Fsp3) is 0.769. The van der Waals surface area contributed by atoms with Crippen LogP contribution in [0.1, 0.15) is 25.6 Å². The van der Waals surface area contributed by atoms with Crippen LogP contribution in [0.25, 0.3) is 0 Å². The molecule has 0 saturated carbocycles. The van der Waals surface area contributed by atoms with E-state index < -0.39 is 0 Å². The highest BCUT2D eigenvalue weighted by molar-refractivity contribution is 9.10. The number of piperazine rings is 1. The fourth-order valence-electron chi connectivity index (χ4n) is 2.66. The monoisotopic (exact) mass is 329 g/mol. The van der Waals surface area contributed by atoms with Crippen molar-refractivity contribution in [2.75, 3.05) is 32.7 Å². The molecule has 1 aromatic heterocycles. The van der Waals surface area contributed by atoms with Crippen molar-refractivity contribution in [2.45, 2.75) is 25.9 Å². The van der Waals surface area contributed by atoms with E-state index in [4.69, 9.17) is 5.73 Å². The standard InChI is InChI=1S/C13H24BrN5/c1-10(2)18-4-6-19(7-5-18)11(8-15)12-13(14)17(3)9-16-12/h9-11H,4-8,15H2,1-3H3. The van der Waals surface area contributed by atoms with Crippen molar-refractivity contribution < 1.29 is 0 Å². The van der Waals surface area contributed by atoms with Gasteiger partial charge >= 0.3 is 0 Å². The quantitative estimate of drug-likeness (QED) is 0.902. The van der Waals surface area contributed by atoms with Crippen LogP contribution in [0.2, 0.25) is 0 Å². The van der Waals surface area contributed by atoms with Crippen molar-refractivity contribution in [2.24, 2.45) is 12.8 Å². The lowest BCUT2D eigenvalue weighted by Crippen LogP contribution is -2.51. The lowest BCUT2D eigenvalue weighted by molar-refractivity contribution is 0.0788. The Morgan fingerprint density at radius 2 is 1.84 bits per heavy atom. The molecular formula is C13H24BrN5. The SMILES string of the molecule is CC(C)N1CCN(C(CN)c2ncn(C)c2Br)CC1. The zero-order chi connectivity index (χ0) is 14.0. The van der Waals surface area contributed by atoms with Gasteiger partial charge in [-0.05, 0) is 29.8 Å². The molecule has 1 unspecified atom stereocenters. The number of nitrogens with zero attached hydrogens (tertiary/aromatic N) is 4. The molecule has 0 aliphatic carbocycles. The van der Waals surface area contributed by atoms with Crippen LogP contribution < -0.4 is 5.73 Å². The molecule has 6 heteroatoms. The molecule has 108 valence electrons. The van der Waals surface area contributed by atoms with Crippen molar-refractivity contribution in [3.05, 3.63) is 16.6 Å². The Labute approximate surface area is 123 Å². The third-order valence-electron chi connectivity index (χ3n) is 3.95. The summed E-state index contributed by atoms with van der Waals surface area (Å²) < 4.78 is 3.02. The zero-order valence-corrected chi connectivity index (χ0v) is 13.6. The van der Waals surface area contributed by atoms with Crippen LogP contribution in [0.4, 0.5) is 0 Å². The molecule has 0 aromatic carbocycles. The number of aryl methyl sites for hydroxylation is 1. The van der Waals surface area contributed by atoms with Gasteiger partial charge in [-0.15, -0.1) is 0 Å². The minimum atomic E-state index is 0.213. The summed E-state index contributed by atoms with van der Waals surface area (Å²) in [7, 11) is 1.99. The van der Waals surface area contributed by atoms with Gasteiger partial charge in [0.1, 0.15) is 4.60 Å². The van der Waals surface area contributed by atoms with Crippen LogP contribution in [-0.2, 0) is 7.05 Å². The van der Waals surface area contributed by atoms with Crippen molar-refractivity contribution in [3.63, 3.8) is 0 Å². The van der Waals surface area contributed by atoms with Crippen LogP contribution in [-0.4, -0.2) is 58.1 Å². The molecule has 0 radical (unpaired) electrons. The highest BCUT2D eigenvalue weighted by Gasteiger charge is 2.28. The Bertz CT molecular complexity index is 409. The molecule has 1 atom stereocenters. The minimum Gasteiger partial charge on any atom is -0.329 e. The van der Waals surface area contributed by atoms with Gasteiger partial charge in [-0.3, -0.25) is 9.80 Å². The summed E-state index contributed by atoms with van der Waals surface area (Å²) in [6.45, 7) is 9.46. The Kier molecular flexibility index (Phi) is 5.00. The number of hydrogen-bond acceptors (Lipinski definition) is 4. The van der Waals surface area contributed by atoms with E-state index in [1.807, 2.05) is 17.9 Å². The first-order chi connectivity index (χ1) is 9.04. The average Bonchev–Trinajstić information content (AvgIpc) is 2.73. The predicted octanol–water partition coefficient (Wildman–Crippen LogP) is 1.21. The molecule has 19 heavy (non-hydrogen) atoms. The fourth-order valence-corrected chi connectivity index (χ4v) is 3.11. The van der Waals surface area contributed by atoms with Gasteiger partial charge in [0.05, 0.1) is 18.1 Å². The Morgan fingerprint density at radius 1 is 1.26 bits per heavy atom. The van der Waals surface area contributed by atoms with Gasteiger partial charge in [-0.25, -0.2) is 4.98 Å². The van der Waals surface area contributed by atoms with Gasteiger partial charge in [0.25, 0.3) is 0 Å². The largest absolute Gasteiger partial charge is 0.329 e. The third-order valence-corrected chi connectivity index (χ3v) is 4.92. The van der Waals surface area contributed by atoms with Crippen molar-refractivity contribution in [3.8, 4) is 0 Å². The lowest BCUT2D eigenvalue weighted by Gasteiger charge is -2.40. The summed E-state index contributed by atoms with van der Waals surface area (Å²) in [6, 6.07) is 0.838. The van der Waals surface area contributed by atoms with E-state index in [0.717, 1.165) is 36.5 Å². The van der Waals surface area contributed by atoms with E-state index in [9.17, 15) is 0 Å². The van der Waals surface area contributed by atoms with E-state index >= 15 is 0 Å². The maximum absolute atomic E-state index is 5.98. The van der Waals surface area contributed by atoms with E-state index in [1.54, 1.807) is 0 Å². The number of halogens is 1. The minimum absolute atomic E-state index is 0.213. The van der Waals surface area contributed by atoms with Crippen LogP contribution >= 0.6 is 15.9 Å². The number of rotatable bonds is 4. The second-order valence-corrected chi connectivity index (χ2v) is 6.20. The maximum atomic E-state index is 5.98. The van der Waals surface area contributed by atoms with Crippen molar-refractivity contribution in [1.29, 1.82) is 0 Å². The van der Waals surface area contributed by atoms with E-state index in [0.29, 0.717) is 12.6 Å². The Balaban J connectivity index is 2.06. The molecule has 0 bridgehead atoms. The molecule has 1 aromatic rings. The molecule has 2 rings (SSSR count). The van der Waals surface area contributed by atoms with Gasteiger partial charge in [0.15, 0.2) is 0 Å². The summed E-state index contributed by atoms with van der Waals surface area (Å²) in [6.07, 6.45) is 1.84. The third kappa shape index (κ3) is 3.18. The zero-order valence-electron chi connectivity index (χ0n) is 12.0. The average molecular weight is 330 g/mol. The molecule has 0 amide bonds. The summed E-state index contributed by atoms with van der Waals surface area (Å²) in [5.41, 5.74) is 7.04. The molecule has 2 N–H and O–H groups in total. The summed E-state index contributed by atoms with van der Waals surface area (Å²) in [5, 5.41) is 0.